The lowest BCUT2D eigenvalue weighted by Crippen LogP contribution is -2.27. The fraction of sp³-hybridized carbons (Fsp3) is 0.333. The van der Waals surface area contributed by atoms with Crippen molar-refractivity contribution >= 4 is 32.7 Å². The normalized spacial score (nSPS) is 12.0. The van der Waals surface area contributed by atoms with Crippen LogP contribution in [0.5, 0.6) is 0 Å². The zero-order chi connectivity index (χ0) is 20.9. The number of fused-ring (bicyclic) bond motifs is 1. The summed E-state index contributed by atoms with van der Waals surface area (Å²) in [5.41, 5.74) is 0.606. The number of sulfonamides is 1. The third-order valence-corrected chi connectivity index (χ3v) is 6.89. The molecule has 1 heterocycles. The second kappa shape index (κ2) is 9.56. The Bertz CT molecular complexity index is 1130. The van der Waals surface area contributed by atoms with Gasteiger partial charge in [0.15, 0.2) is 5.16 Å². The summed E-state index contributed by atoms with van der Waals surface area (Å²) in [4.78, 5) is 17.8. The summed E-state index contributed by atoms with van der Waals surface area (Å²) < 4.78 is 29.0. The summed E-state index contributed by atoms with van der Waals surface area (Å²) in [6.07, 6.45) is 0.869. The molecule has 1 aromatic heterocycles. The van der Waals surface area contributed by atoms with Gasteiger partial charge in [-0.1, -0.05) is 55.9 Å². The van der Waals surface area contributed by atoms with Crippen molar-refractivity contribution in [3.63, 3.8) is 0 Å². The SMILES string of the molecule is CC(C)CCn1c(SCCNS(=O)(=O)c2ccccc2)nc2ccccc2c1=O. The van der Waals surface area contributed by atoms with Gasteiger partial charge in [-0.05, 0) is 36.6 Å². The second-order valence-electron chi connectivity index (χ2n) is 7.11. The molecule has 0 saturated carbocycles. The smallest absolute Gasteiger partial charge is 0.262 e. The number of para-hydroxylation sites is 1. The predicted octanol–water partition coefficient (Wildman–Crippen LogP) is 3.51. The van der Waals surface area contributed by atoms with E-state index in [-0.39, 0.29) is 17.0 Å². The van der Waals surface area contributed by atoms with Crippen molar-refractivity contribution in [2.75, 3.05) is 12.3 Å². The van der Waals surface area contributed by atoms with E-state index in [1.54, 1.807) is 41.0 Å². The maximum absolute atomic E-state index is 12.9. The standard InChI is InChI=1S/C21H25N3O3S2/c1-16(2)12-14-24-20(25)18-10-6-7-11-19(18)23-21(24)28-15-13-22-29(26,27)17-8-4-3-5-9-17/h3-11,16,22H,12-15H2,1-2H3. The third kappa shape index (κ3) is 5.46. The summed E-state index contributed by atoms with van der Waals surface area (Å²) >= 11 is 1.39. The molecule has 0 saturated heterocycles. The molecule has 0 aliphatic carbocycles. The van der Waals surface area contributed by atoms with E-state index < -0.39 is 10.0 Å². The first kappa shape index (κ1) is 21.5. The van der Waals surface area contributed by atoms with E-state index in [0.717, 1.165) is 6.42 Å². The molecule has 3 aromatic rings. The zero-order valence-electron chi connectivity index (χ0n) is 16.5. The molecule has 6 nitrogen and oxygen atoms in total. The van der Waals surface area contributed by atoms with Crippen LogP contribution < -0.4 is 10.3 Å². The summed E-state index contributed by atoms with van der Waals surface area (Å²) in [6.45, 7) is 5.07. The first-order chi connectivity index (χ1) is 13.9. The second-order valence-corrected chi connectivity index (χ2v) is 9.94. The number of hydrogen-bond acceptors (Lipinski definition) is 5. The van der Waals surface area contributed by atoms with E-state index >= 15 is 0 Å². The van der Waals surface area contributed by atoms with E-state index in [0.29, 0.717) is 34.3 Å². The Hall–Kier alpha value is -2.16. The lowest BCUT2D eigenvalue weighted by molar-refractivity contribution is 0.481. The maximum atomic E-state index is 12.9. The number of nitrogens with zero attached hydrogens (tertiary/aromatic N) is 2. The topological polar surface area (TPSA) is 81.1 Å². The molecule has 0 radical (unpaired) electrons. The van der Waals surface area contributed by atoms with Gasteiger partial charge in [0.1, 0.15) is 0 Å². The molecule has 1 N–H and O–H groups in total. The molecule has 0 amide bonds. The van der Waals surface area contributed by atoms with Gasteiger partial charge in [-0.2, -0.15) is 0 Å². The lowest BCUT2D eigenvalue weighted by Gasteiger charge is -2.14. The number of aromatic nitrogens is 2. The van der Waals surface area contributed by atoms with Crippen LogP contribution in [-0.4, -0.2) is 30.3 Å². The van der Waals surface area contributed by atoms with Crippen molar-refractivity contribution in [1.82, 2.24) is 14.3 Å². The average Bonchev–Trinajstić information content (AvgIpc) is 2.71. The molecule has 29 heavy (non-hydrogen) atoms. The van der Waals surface area contributed by atoms with Gasteiger partial charge in [-0.25, -0.2) is 18.1 Å². The Kier molecular flexibility index (Phi) is 7.10. The fourth-order valence-electron chi connectivity index (χ4n) is 2.84. The van der Waals surface area contributed by atoms with Crippen LogP contribution in [0.2, 0.25) is 0 Å². The molecule has 3 rings (SSSR count). The van der Waals surface area contributed by atoms with E-state index in [9.17, 15) is 13.2 Å². The van der Waals surface area contributed by atoms with Crippen molar-refractivity contribution in [3.8, 4) is 0 Å². The largest absolute Gasteiger partial charge is 0.287 e. The fourth-order valence-corrected chi connectivity index (χ4v) is 4.91. The van der Waals surface area contributed by atoms with Crippen LogP contribution in [0.4, 0.5) is 0 Å². The molecule has 154 valence electrons. The molecule has 0 aliphatic heterocycles. The Balaban J connectivity index is 1.75. The Morgan fingerprint density at radius 3 is 2.48 bits per heavy atom. The van der Waals surface area contributed by atoms with Crippen molar-refractivity contribution in [3.05, 3.63) is 65.0 Å². The molecule has 2 aromatic carbocycles. The van der Waals surface area contributed by atoms with Crippen molar-refractivity contribution in [2.45, 2.75) is 36.9 Å². The van der Waals surface area contributed by atoms with Gasteiger partial charge in [0.05, 0.1) is 15.8 Å². The molecule has 0 bridgehead atoms. The minimum Gasteiger partial charge on any atom is -0.287 e. The van der Waals surface area contributed by atoms with Gasteiger partial charge in [0.2, 0.25) is 10.0 Å². The molecular formula is C21H25N3O3S2. The third-order valence-electron chi connectivity index (χ3n) is 4.44. The molecule has 8 heteroatoms. The van der Waals surface area contributed by atoms with Gasteiger partial charge in [-0.3, -0.25) is 9.36 Å². The van der Waals surface area contributed by atoms with Crippen LogP contribution in [0, 0.1) is 5.92 Å². The van der Waals surface area contributed by atoms with Gasteiger partial charge in [0, 0.05) is 18.8 Å². The number of benzene rings is 2. The van der Waals surface area contributed by atoms with E-state index in [1.807, 2.05) is 18.2 Å². The first-order valence-corrected chi connectivity index (χ1v) is 12.0. The van der Waals surface area contributed by atoms with Crippen LogP contribution in [0.1, 0.15) is 20.3 Å². The molecule has 0 atom stereocenters. The summed E-state index contributed by atoms with van der Waals surface area (Å²) in [6, 6.07) is 15.6. The molecule has 0 unspecified atom stereocenters. The number of thioether (sulfide) groups is 1. The highest BCUT2D eigenvalue weighted by molar-refractivity contribution is 7.99. The molecule has 0 spiro atoms. The quantitative estimate of drug-likeness (QED) is 0.319. The average molecular weight is 432 g/mol. The summed E-state index contributed by atoms with van der Waals surface area (Å²) in [5, 5.41) is 1.22. The van der Waals surface area contributed by atoms with E-state index in [2.05, 4.69) is 23.6 Å². The minimum atomic E-state index is -3.54. The van der Waals surface area contributed by atoms with Crippen LogP contribution in [0.15, 0.2) is 69.4 Å². The van der Waals surface area contributed by atoms with Crippen molar-refractivity contribution in [1.29, 1.82) is 0 Å². The van der Waals surface area contributed by atoms with Gasteiger partial charge < -0.3 is 0 Å². The van der Waals surface area contributed by atoms with Gasteiger partial charge in [0.25, 0.3) is 5.56 Å². The van der Waals surface area contributed by atoms with Crippen LogP contribution >= 0.6 is 11.8 Å². The zero-order valence-corrected chi connectivity index (χ0v) is 18.2. The summed E-state index contributed by atoms with van der Waals surface area (Å²) in [5.74, 6) is 0.933. The predicted molar refractivity (Wildman–Crippen MR) is 118 cm³/mol. The van der Waals surface area contributed by atoms with Gasteiger partial charge >= 0.3 is 0 Å². The van der Waals surface area contributed by atoms with Crippen LogP contribution in [0.3, 0.4) is 0 Å². The van der Waals surface area contributed by atoms with Crippen LogP contribution in [0.25, 0.3) is 10.9 Å². The minimum absolute atomic E-state index is 0.0522. The monoisotopic (exact) mass is 431 g/mol. The first-order valence-electron chi connectivity index (χ1n) is 9.55. The van der Waals surface area contributed by atoms with Crippen molar-refractivity contribution < 1.29 is 8.42 Å². The number of nitrogens with one attached hydrogen (secondary N) is 1. The number of hydrogen-bond donors (Lipinski definition) is 1. The Morgan fingerprint density at radius 1 is 1.07 bits per heavy atom. The van der Waals surface area contributed by atoms with Gasteiger partial charge in [-0.15, -0.1) is 0 Å². The van der Waals surface area contributed by atoms with Crippen LogP contribution in [-0.2, 0) is 16.6 Å². The molecular weight excluding hydrogens is 406 g/mol. The highest BCUT2D eigenvalue weighted by atomic mass is 32.2. The molecule has 0 aliphatic rings. The molecule has 0 fully saturated rings. The summed E-state index contributed by atoms with van der Waals surface area (Å²) in [7, 11) is -3.54. The number of rotatable bonds is 9. The Labute approximate surface area is 175 Å². The van der Waals surface area contributed by atoms with Crippen molar-refractivity contribution in [2.24, 2.45) is 5.92 Å². The van der Waals surface area contributed by atoms with E-state index in [4.69, 9.17) is 0 Å². The Morgan fingerprint density at radius 2 is 1.76 bits per heavy atom. The van der Waals surface area contributed by atoms with E-state index in [1.165, 1.54) is 11.8 Å². The maximum Gasteiger partial charge on any atom is 0.262 e. The highest BCUT2D eigenvalue weighted by Gasteiger charge is 2.14. The highest BCUT2D eigenvalue weighted by Crippen LogP contribution is 2.19. The lowest BCUT2D eigenvalue weighted by atomic mass is 10.1.